The number of hydrogen-bond acceptors (Lipinski definition) is 4. The van der Waals surface area contributed by atoms with Crippen molar-refractivity contribution in [2.45, 2.75) is 6.54 Å². The molecule has 0 bridgehead atoms. The third-order valence-corrected chi connectivity index (χ3v) is 2.82. The molecule has 17 heavy (non-hydrogen) atoms. The molecule has 1 aromatic rings. The second-order valence-corrected chi connectivity index (χ2v) is 4.69. The number of halogens is 1. The summed E-state index contributed by atoms with van der Waals surface area (Å²) in [4.78, 5) is 6.45. The van der Waals surface area contributed by atoms with Crippen LogP contribution in [-0.4, -0.2) is 50.4 Å². The lowest BCUT2D eigenvalue weighted by atomic mass is 10.2. The maximum atomic E-state index is 5.11. The predicted molar refractivity (Wildman–Crippen MR) is 71.0 cm³/mol. The Hall–Kier alpha value is -0.490. The third kappa shape index (κ3) is 6.12. The van der Waals surface area contributed by atoms with Crippen LogP contribution in [0, 0.1) is 0 Å². The van der Waals surface area contributed by atoms with Gasteiger partial charge in [0.2, 0.25) is 0 Å². The molecule has 5 heteroatoms. The van der Waals surface area contributed by atoms with Crippen LogP contribution < -0.4 is 0 Å². The van der Waals surface area contributed by atoms with Crippen molar-refractivity contribution in [3.63, 3.8) is 0 Å². The zero-order chi connectivity index (χ0) is 12.5. The van der Waals surface area contributed by atoms with E-state index in [4.69, 9.17) is 9.47 Å². The van der Waals surface area contributed by atoms with Crippen LogP contribution >= 0.6 is 15.9 Å². The van der Waals surface area contributed by atoms with Crippen LogP contribution in [0.2, 0.25) is 0 Å². The fourth-order valence-corrected chi connectivity index (χ4v) is 1.92. The largest absolute Gasteiger partial charge is 0.383 e. The molecule has 0 saturated heterocycles. The number of pyridine rings is 1. The Labute approximate surface area is 111 Å². The molecule has 1 aromatic heterocycles. The number of nitrogens with zero attached hydrogens (tertiary/aromatic N) is 2. The molecule has 0 radical (unpaired) electrons. The molecule has 0 aromatic carbocycles. The highest BCUT2D eigenvalue weighted by Gasteiger charge is 2.06. The molecule has 1 heterocycles. The van der Waals surface area contributed by atoms with Crippen LogP contribution in [0.25, 0.3) is 0 Å². The monoisotopic (exact) mass is 302 g/mol. The van der Waals surface area contributed by atoms with Crippen molar-refractivity contribution in [1.82, 2.24) is 9.88 Å². The van der Waals surface area contributed by atoms with E-state index in [0.29, 0.717) is 0 Å². The van der Waals surface area contributed by atoms with Crippen molar-refractivity contribution >= 4 is 15.9 Å². The van der Waals surface area contributed by atoms with Crippen molar-refractivity contribution in [3.8, 4) is 0 Å². The van der Waals surface area contributed by atoms with Gasteiger partial charge in [-0.05, 0) is 27.6 Å². The summed E-state index contributed by atoms with van der Waals surface area (Å²) in [6, 6.07) is 2.08. The van der Waals surface area contributed by atoms with Crippen LogP contribution in [0.4, 0.5) is 0 Å². The number of hydrogen-bond donors (Lipinski definition) is 0. The minimum absolute atomic E-state index is 0.727. The lowest BCUT2D eigenvalue weighted by Gasteiger charge is -2.21. The van der Waals surface area contributed by atoms with Crippen LogP contribution in [0.5, 0.6) is 0 Å². The van der Waals surface area contributed by atoms with E-state index in [-0.39, 0.29) is 0 Å². The van der Waals surface area contributed by atoms with E-state index in [1.54, 1.807) is 20.4 Å². The summed E-state index contributed by atoms with van der Waals surface area (Å²) in [5, 5.41) is 0. The van der Waals surface area contributed by atoms with Crippen molar-refractivity contribution in [2.24, 2.45) is 0 Å². The molecule has 1 rings (SSSR count). The van der Waals surface area contributed by atoms with Gasteiger partial charge in [-0.1, -0.05) is 0 Å². The average Bonchev–Trinajstić information content (AvgIpc) is 2.32. The van der Waals surface area contributed by atoms with Crippen molar-refractivity contribution in [3.05, 3.63) is 28.5 Å². The zero-order valence-corrected chi connectivity index (χ0v) is 11.9. The van der Waals surface area contributed by atoms with Gasteiger partial charge in [0.25, 0.3) is 0 Å². The normalized spacial score (nSPS) is 11.1. The van der Waals surface area contributed by atoms with Crippen molar-refractivity contribution in [2.75, 3.05) is 40.5 Å². The summed E-state index contributed by atoms with van der Waals surface area (Å²) >= 11 is 3.43. The third-order valence-electron chi connectivity index (χ3n) is 2.39. The maximum Gasteiger partial charge on any atom is 0.0589 e. The Morgan fingerprint density at radius 1 is 1.18 bits per heavy atom. The number of aromatic nitrogens is 1. The van der Waals surface area contributed by atoms with Gasteiger partial charge in [0.05, 0.1) is 13.2 Å². The maximum absolute atomic E-state index is 5.11. The SMILES string of the molecule is COCCN(CCOC)Cc1cncc(Br)c1. The molecule has 0 aliphatic carbocycles. The van der Waals surface area contributed by atoms with Gasteiger partial charge in [0, 0.05) is 50.7 Å². The summed E-state index contributed by atoms with van der Waals surface area (Å²) in [5.41, 5.74) is 1.19. The average molecular weight is 303 g/mol. The highest BCUT2D eigenvalue weighted by molar-refractivity contribution is 9.10. The molecule has 96 valence electrons. The van der Waals surface area contributed by atoms with Gasteiger partial charge in [-0.25, -0.2) is 0 Å². The minimum Gasteiger partial charge on any atom is -0.383 e. The number of ether oxygens (including phenoxy) is 2. The zero-order valence-electron chi connectivity index (χ0n) is 10.4. The minimum atomic E-state index is 0.727. The molecule has 0 N–H and O–H groups in total. The van der Waals surface area contributed by atoms with Crippen molar-refractivity contribution in [1.29, 1.82) is 0 Å². The fraction of sp³-hybridized carbons (Fsp3) is 0.583. The highest BCUT2D eigenvalue weighted by atomic mass is 79.9. The van der Waals surface area contributed by atoms with E-state index >= 15 is 0 Å². The Morgan fingerprint density at radius 3 is 2.35 bits per heavy atom. The van der Waals surface area contributed by atoms with Crippen LogP contribution in [0.15, 0.2) is 22.9 Å². The Balaban J connectivity index is 2.51. The van der Waals surface area contributed by atoms with Gasteiger partial charge in [-0.15, -0.1) is 0 Å². The first-order valence-corrected chi connectivity index (χ1v) is 6.35. The molecule has 0 aliphatic heterocycles. The van der Waals surface area contributed by atoms with Crippen molar-refractivity contribution < 1.29 is 9.47 Å². The Morgan fingerprint density at radius 2 is 1.82 bits per heavy atom. The summed E-state index contributed by atoms with van der Waals surface area (Å²) in [6.45, 7) is 4.11. The second kappa shape index (κ2) is 8.58. The van der Waals surface area contributed by atoms with E-state index in [9.17, 15) is 0 Å². The van der Waals surface area contributed by atoms with Gasteiger partial charge >= 0.3 is 0 Å². The first kappa shape index (κ1) is 14.6. The molecule has 0 unspecified atom stereocenters. The Bertz CT molecular complexity index is 315. The second-order valence-electron chi connectivity index (χ2n) is 3.77. The summed E-state index contributed by atoms with van der Waals surface area (Å²) in [6.07, 6.45) is 3.68. The van der Waals surface area contributed by atoms with Crippen LogP contribution in [0.1, 0.15) is 5.56 Å². The van der Waals surface area contributed by atoms with Crippen LogP contribution in [0.3, 0.4) is 0 Å². The Kier molecular flexibility index (Phi) is 7.35. The molecule has 4 nitrogen and oxygen atoms in total. The molecule has 0 saturated carbocycles. The first-order chi connectivity index (χ1) is 8.26. The summed E-state index contributed by atoms with van der Waals surface area (Å²) in [5.74, 6) is 0. The topological polar surface area (TPSA) is 34.6 Å². The smallest absolute Gasteiger partial charge is 0.0589 e. The molecule has 0 aliphatic rings. The van der Waals surface area contributed by atoms with Gasteiger partial charge < -0.3 is 9.47 Å². The van der Waals surface area contributed by atoms with E-state index in [1.807, 2.05) is 6.20 Å². The highest BCUT2D eigenvalue weighted by Crippen LogP contribution is 2.11. The lowest BCUT2D eigenvalue weighted by Crippen LogP contribution is -2.30. The molecule has 0 amide bonds. The molecular weight excluding hydrogens is 284 g/mol. The van der Waals surface area contributed by atoms with Gasteiger partial charge in [0.1, 0.15) is 0 Å². The predicted octanol–water partition coefficient (Wildman–Crippen LogP) is 1.94. The number of methoxy groups -OCH3 is 2. The molecule has 0 fully saturated rings. The first-order valence-electron chi connectivity index (χ1n) is 5.56. The van der Waals surface area contributed by atoms with Gasteiger partial charge in [-0.3, -0.25) is 9.88 Å². The fourth-order valence-electron chi connectivity index (χ4n) is 1.51. The summed E-state index contributed by atoms with van der Waals surface area (Å²) in [7, 11) is 3.43. The van der Waals surface area contributed by atoms with E-state index in [1.165, 1.54) is 5.56 Å². The van der Waals surface area contributed by atoms with Gasteiger partial charge in [-0.2, -0.15) is 0 Å². The van der Waals surface area contributed by atoms with Gasteiger partial charge in [0.15, 0.2) is 0 Å². The molecule has 0 atom stereocenters. The quantitative estimate of drug-likeness (QED) is 0.735. The standard InChI is InChI=1S/C12H19BrN2O2/c1-16-5-3-15(4-6-17-2)10-11-7-12(13)9-14-8-11/h7-9H,3-6,10H2,1-2H3. The molecule has 0 spiro atoms. The van der Waals surface area contributed by atoms with E-state index in [0.717, 1.165) is 37.3 Å². The molecular formula is C12H19BrN2O2. The number of rotatable bonds is 8. The van der Waals surface area contributed by atoms with E-state index < -0.39 is 0 Å². The lowest BCUT2D eigenvalue weighted by molar-refractivity contribution is 0.110. The summed E-state index contributed by atoms with van der Waals surface area (Å²) < 4.78 is 11.2. The van der Waals surface area contributed by atoms with Crippen LogP contribution in [-0.2, 0) is 16.0 Å². The van der Waals surface area contributed by atoms with E-state index in [2.05, 4.69) is 31.9 Å².